The zero-order valence-electron chi connectivity index (χ0n) is 26.9. The molecule has 0 bridgehead atoms. The van der Waals surface area contributed by atoms with E-state index in [1.54, 1.807) is 6.20 Å². The van der Waals surface area contributed by atoms with Gasteiger partial charge in [0.15, 0.2) is 0 Å². The van der Waals surface area contributed by atoms with Crippen molar-refractivity contribution in [2.45, 2.75) is 77.0 Å². The molecule has 5 aromatic rings. The molecule has 1 aliphatic heterocycles. The zero-order chi connectivity index (χ0) is 31.4. The van der Waals surface area contributed by atoms with E-state index in [1.807, 2.05) is 30.5 Å². The first-order valence-corrected chi connectivity index (χ1v) is 16.3. The molecule has 5 heteroatoms. The van der Waals surface area contributed by atoms with E-state index in [9.17, 15) is 4.21 Å². The molecular weight excluding hydrogens is 561 g/mol. The lowest BCUT2D eigenvalue weighted by Crippen LogP contribution is -2.11. The monoisotopic (exact) mass is 600 g/mol. The smallest absolute Gasteiger partial charge is 0.128 e. The maximum absolute atomic E-state index is 13.7. The number of aromatic nitrogens is 2. The summed E-state index contributed by atoms with van der Waals surface area (Å²) in [5.74, 6) is 1.48. The second-order valence-corrected chi connectivity index (χ2v) is 15.6. The highest BCUT2D eigenvalue weighted by Gasteiger charge is 2.30. The molecule has 0 saturated carbocycles. The van der Waals surface area contributed by atoms with Crippen LogP contribution in [0.25, 0.3) is 33.6 Å². The standard InChI is InChI=1S/C39H40N2O2S/c1-24-15-27(33-22-29(11-13-40-33)39(6,7)8)20-30(17-24)43-31-18-25(2)16-28(21-31)37-36-32-10-9-26(23-38(3,4)5)19-35(32)44(42)34(36)12-14-41-37/h9-22H,23H2,1-8H3. The van der Waals surface area contributed by atoms with Crippen molar-refractivity contribution in [2.24, 2.45) is 5.41 Å². The molecular formula is C39H40N2O2S. The lowest BCUT2D eigenvalue weighted by molar-refractivity contribution is 0.411. The van der Waals surface area contributed by atoms with Crippen molar-refractivity contribution in [1.82, 2.24) is 9.97 Å². The fourth-order valence-electron chi connectivity index (χ4n) is 5.93. The van der Waals surface area contributed by atoms with Gasteiger partial charge in [0, 0.05) is 34.6 Å². The summed E-state index contributed by atoms with van der Waals surface area (Å²) in [5, 5.41) is 0. The predicted octanol–water partition coefficient (Wildman–Crippen LogP) is 10.3. The normalized spacial score (nSPS) is 14.3. The molecule has 0 saturated heterocycles. The molecule has 3 heterocycles. The van der Waals surface area contributed by atoms with Gasteiger partial charge in [-0.1, -0.05) is 53.7 Å². The first-order chi connectivity index (χ1) is 20.7. The third-order valence-electron chi connectivity index (χ3n) is 7.89. The predicted molar refractivity (Wildman–Crippen MR) is 181 cm³/mol. The van der Waals surface area contributed by atoms with E-state index >= 15 is 0 Å². The van der Waals surface area contributed by atoms with Crippen LogP contribution in [0.2, 0.25) is 0 Å². The molecule has 4 nitrogen and oxygen atoms in total. The van der Waals surface area contributed by atoms with E-state index in [-0.39, 0.29) is 10.8 Å². The Labute approximate surface area is 264 Å². The number of aryl methyl sites for hydroxylation is 2. The summed E-state index contributed by atoms with van der Waals surface area (Å²) < 4.78 is 20.2. The van der Waals surface area contributed by atoms with Gasteiger partial charge in [0.1, 0.15) is 11.5 Å². The molecule has 3 aromatic carbocycles. The highest BCUT2D eigenvalue weighted by Crippen LogP contribution is 2.46. The summed E-state index contributed by atoms with van der Waals surface area (Å²) in [7, 11) is -1.25. The highest BCUT2D eigenvalue weighted by atomic mass is 32.2. The largest absolute Gasteiger partial charge is 0.457 e. The van der Waals surface area contributed by atoms with Gasteiger partial charge in [0.25, 0.3) is 0 Å². The minimum Gasteiger partial charge on any atom is -0.457 e. The van der Waals surface area contributed by atoms with Gasteiger partial charge in [-0.25, -0.2) is 4.21 Å². The van der Waals surface area contributed by atoms with Crippen molar-refractivity contribution < 1.29 is 8.95 Å². The molecule has 44 heavy (non-hydrogen) atoms. The van der Waals surface area contributed by atoms with Crippen molar-refractivity contribution in [1.29, 1.82) is 0 Å². The molecule has 0 spiro atoms. The van der Waals surface area contributed by atoms with Gasteiger partial charge in [-0.05, 0) is 114 Å². The molecule has 0 aliphatic carbocycles. The van der Waals surface area contributed by atoms with Crippen LogP contribution in [0.5, 0.6) is 11.5 Å². The summed E-state index contributed by atoms with van der Waals surface area (Å²) in [6, 6.07) is 25.0. The zero-order valence-corrected chi connectivity index (χ0v) is 27.7. The second kappa shape index (κ2) is 11.1. The van der Waals surface area contributed by atoms with E-state index in [0.29, 0.717) is 0 Å². The minimum atomic E-state index is -1.25. The lowest BCUT2D eigenvalue weighted by atomic mass is 9.87. The Bertz CT molecular complexity index is 1930. The molecule has 0 amide bonds. The fraction of sp³-hybridized carbons (Fsp3) is 0.282. The number of nitrogens with zero attached hydrogens (tertiary/aromatic N) is 2. The maximum Gasteiger partial charge on any atom is 0.128 e. The van der Waals surface area contributed by atoms with Gasteiger partial charge < -0.3 is 4.74 Å². The Balaban J connectivity index is 1.37. The van der Waals surface area contributed by atoms with Crippen molar-refractivity contribution in [3.05, 3.63) is 107 Å². The minimum absolute atomic E-state index is 0.0340. The summed E-state index contributed by atoms with van der Waals surface area (Å²) in [6.45, 7) is 17.5. The average Bonchev–Trinajstić information content (AvgIpc) is 3.22. The van der Waals surface area contributed by atoms with Gasteiger partial charge in [-0.2, -0.15) is 0 Å². The van der Waals surface area contributed by atoms with Gasteiger partial charge in [0.05, 0.1) is 32.0 Å². The Morgan fingerprint density at radius 1 is 0.705 bits per heavy atom. The van der Waals surface area contributed by atoms with Crippen molar-refractivity contribution >= 4 is 10.8 Å². The number of fused-ring (bicyclic) bond motifs is 3. The van der Waals surface area contributed by atoms with Gasteiger partial charge in [0.2, 0.25) is 0 Å². The molecule has 224 valence electrons. The Hall–Kier alpha value is -4.09. The molecule has 1 unspecified atom stereocenters. The highest BCUT2D eigenvalue weighted by molar-refractivity contribution is 7.85. The number of pyridine rings is 2. The van der Waals surface area contributed by atoms with Crippen LogP contribution < -0.4 is 4.74 Å². The van der Waals surface area contributed by atoms with Crippen LogP contribution in [0.4, 0.5) is 0 Å². The summed E-state index contributed by atoms with van der Waals surface area (Å²) in [6.07, 6.45) is 4.58. The Kier molecular flexibility index (Phi) is 7.57. The average molecular weight is 601 g/mol. The number of benzene rings is 3. The Morgan fingerprint density at radius 2 is 1.36 bits per heavy atom. The molecule has 1 atom stereocenters. The van der Waals surface area contributed by atoms with Gasteiger partial charge >= 0.3 is 0 Å². The van der Waals surface area contributed by atoms with Crippen LogP contribution in [-0.4, -0.2) is 14.2 Å². The first-order valence-electron chi connectivity index (χ1n) is 15.2. The van der Waals surface area contributed by atoms with E-state index < -0.39 is 10.8 Å². The number of hydrogen-bond donors (Lipinski definition) is 0. The van der Waals surface area contributed by atoms with E-state index in [4.69, 9.17) is 9.72 Å². The third-order valence-corrected chi connectivity index (χ3v) is 9.37. The molecule has 0 fully saturated rings. The van der Waals surface area contributed by atoms with E-state index in [0.717, 1.165) is 72.5 Å². The lowest BCUT2D eigenvalue weighted by Gasteiger charge is -2.19. The summed E-state index contributed by atoms with van der Waals surface area (Å²) >= 11 is 0. The number of rotatable bonds is 5. The third kappa shape index (κ3) is 6.11. The molecule has 0 N–H and O–H groups in total. The van der Waals surface area contributed by atoms with Crippen molar-refractivity contribution in [3.63, 3.8) is 0 Å². The van der Waals surface area contributed by atoms with Crippen LogP contribution in [0.1, 0.15) is 63.8 Å². The molecule has 2 aromatic heterocycles. The van der Waals surface area contributed by atoms with Crippen LogP contribution in [-0.2, 0) is 22.6 Å². The van der Waals surface area contributed by atoms with Gasteiger partial charge in [-0.3, -0.25) is 9.97 Å². The molecule has 0 radical (unpaired) electrons. The maximum atomic E-state index is 13.7. The SMILES string of the molecule is Cc1cc(Oc2cc(C)cc(-c3nccc4c3-c3ccc(CC(C)(C)C)cc3S4=O)c2)cc(-c2cc(C(C)(C)C)ccn2)c1. The first kappa shape index (κ1) is 30.0. The van der Waals surface area contributed by atoms with E-state index in [2.05, 4.69) is 109 Å². The fourth-order valence-corrected chi connectivity index (χ4v) is 7.38. The van der Waals surface area contributed by atoms with Crippen molar-refractivity contribution in [3.8, 4) is 45.1 Å². The quantitative estimate of drug-likeness (QED) is 0.198. The second-order valence-electron chi connectivity index (χ2n) is 14.2. The van der Waals surface area contributed by atoms with Gasteiger partial charge in [-0.15, -0.1) is 0 Å². The van der Waals surface area contributed by atoms with Crippen molar-refractivity contribution in [2.75, 3.05) is 0 Å². The van der Waals surface area contributed by atoms with E-state index in [1.165, 1.54) is 11.1 Å². The Morgan fingerprint density at radius 3 is 2.05 bits per heavy atom. The van der Waals surface area contributed by atoms with Crippen LogP contribution >= 0.6 is 0 Å². The topological polar surface area (TPSA) is 52.1 Å². The van der Waals surface area contributed by atoms with Crippen LogP contribution in [0.15, 0.2) is 95.0 Å². The number of hydrogen-bond acceptors (Lipinski definition) is 4. The molecule has 6 rings (SSSR count). The van der Waals surface area contributed by atoms with Crippen LogP contribution in [0, 0.1) is 19.3 Å². The van der Waals surface area contributed by atoms with Crippen LogP contribution in [0.3, 0.4) is 0 Å². The number of ether oxygens (including phenoxy) is 1. The summed E-state index contributed by atoms with van der Waals surface area (Å²) in [5.41, 5.74) is 10.4. The summed E-state index contributed by atoms with van der Waals surface area (Å²) in [4.78, 5) is 11.2. The molecule has 1 aliphatic rings.